The van der Waals surface area contributed by atoms with Gasteiger partial charge in [0.05, 0.1) is 5.57 Å². The van der Waals surface area contributed by atoms with Gasteiger partial charge in [-0.05, 0) is 13.0 Å². The molecular weight excluding hydrogens is 156 g/mol. The van der Waals surface area contributed by atoms with Crippen LogP contribution in [0.25, 0.3) is 0 Å². The van der Waals surface area contributed by atoms with E-state index in [-0.39, 0.29) is 0 Å². The Bertz CT molecular complexity index is 308. The normalized spacial score (nSPS) is 17.4. The zero-order valence-electron chi connectivity index (χ0n) is 6.66. The Labute approximate surface area is 70.0 Å². The van der Waals surface area contributed by atoms with Crippen LogP contribution in [0.2, 0.25) is 0 Å². The third kappa shape index (κ3) is 1.34. The molecule has 0 spiro atoms. The highest BCUT2D eigenvalue weighted by molar-refractivity contribution is 6.13. The van der Waals surface area contributed by atoms with Gasteiger partial charge in [0.1, 0.15) is 0 Å². The Kier molecular flexibility index (Phi) is 2.24. The first-order chi connectivity index (χ1) is 5.66. The number of carbonyl (C=O) groups excluding carboxylic acids is 2. The summed E-state index contributed by atoms with van der Waals surface area (Å²) in [6.45, 7) is 5.00. The second-order valence-corrected chi connectivity index (χ2v) is 2.31. The van der Waals surface area contributed by atoms with Crippen LogP contribution in [-0.2, 0) is 14.3 Å². The summed E-state index contributed by atoms with van der Waals surface area (Å²) in [5, 5.41) is 0. The summed E-state index contributed by atoms with van der Waals surface area (Å²) in [4.78, 5) is 21.7. The Morgan fingerprint density at radius 1 is 1.33 bits per heavy atom. The van der Waals surface area contributed by atoms with Gasteiger partial charge in [0.2, 0.25) is 0 Å². The monoisotopic (exact) mass is 164 g/mol. The first-order valence-electron chi connectivity index (χ1n) is 3.43. The van der Waals surface area contributed by atoms with Gasteiger partial charge >= 0.3 is 11.9 Å². The number of hydrogen-bond donors (Lipinski definition) is 0. The highest BCUT2D eigenvalue weighted by Gasteiger charge is 2.27. The van der Waals surface area contributed by atoms with Crippen molar-refractivity contribution in [1.82, 2.24) is 0 Å². The molecule has 0 aliphatic carbocycles. The molecule has 1 heterocycles. The molecule has 0 fully saturated rings. The molecule has 0 amide bonds. The average Bonchev–Trinajstić information content (AvgIpc) is 2.25. The molecule has 0 aromatic carbocycles. The molecule has 1 aliphatic rings. The summed E-state index contributed by atoms with van der Waals surface area (Å²) in [6.07, 6.45) is 4.62. The van der Waals surface area contributed by atoms with Crippen LogP contribution in [0.4, 0.5) is 0 Å². The van der Waals surface area contributed by atoms with E-state index in [1.54, 1.807) is 13.0 Å². The summed E-state index contributed by atoms with van der Waals surface area (Å²) >= 11 is 0. The van der Waals surface area contributed by atoms with Crippen LogP contribution in [0.15, 0.2) is 36.0 Å². The standard InChI is InChI=1S/C9H8O3/c1-3-4-5-7-6(2)8(10)12-9(7)11/h3-5H,1H2,2H3/b5-4-. The first kappa shape index (κ1) is 8.46. The van der Waals surface area contributed by atoms with Crippen molar-refractivity contribution in [3.63, 3.8) is 0 Å². The van der Waals surface area contributed by atoms with Crippen LogP contribution in [0.3, 0.4) is 0 Å². The van der Waals surface area contributed by atoms with Gasteiger partial charge in [-0.15, -0.1) is 0 Å². The van der Waals surface area contributed by atoms with Crippen molar-refractivity contribution in [3.05, 3.63) is 36.0 Å². The van der Waals surface area contributed by atoms with Gasteiger partial charge < -0.3 is 4.74 Å². The summed E-state index contributed by atoms with van der Waals surface area (Å²) in [5.74, 6) is -1.15. The van der Waals surface area contributed by atoms with Crippen molar-refractivity contribution < 1.29 is 14.3 Å². The van der Waals surface area contributed by atoms with Crippen molar-refractivity contribution in [2.45, 2.75) is 6.92 Å². The molecule has 0 radical (unpaired) electrons. The molecule has 0 aromatic rings. The zero-order chi connectivity index (χ0) is 9.14. The van der Waals surface area contributed by atoms with Crippen molar-refractivity contribution in [1.29, 1.82) is 0 Å². The Morgan fingerprint density at radius 2 is 2.00 bits per heavy atom. The van der Waals surface area contributed by atoms with Crippen LogP contribution < -0.4 is 0 Å². The lowest BCUT2D eigenvalue weighted by Gasteiger charge is -1.86. The minimum absolute atomic E-state index is 0.305. The first-order valence-corrected chi connectivity index (χ1v) is 3.43. The second kappa shape index (κ2) is 3.17. The number of carbonyl (C=O) groups is 2. The number of rotatable bonds is 2. The lowest BCUT2D eigenvalue weighted by atomic mass is 10.1. The number of allylic oxidation sites excluding steroid dienone is 2. The molecule has 0 aromatic heterocycles. The molecule has 0 saturated carbocycles. The lowest BCUT2D eigenvalue weighted by Crippen LogP contribution is -2.00. The van der Waals surface area contributed by atoms with Gasteiger partial charge in [-0.25, -0.2) is 9.59 Å². The van der Waals surface area contributed by atoms with E-state index in [1.165, 1.54) is 12.2 Å². The molecule has 3 nitrogen and oxygen atoms in total. The third-order valence-corrected chi connectivity index (χ3v) is 1.51. The van der Waals surface area contributed by atoms with Crippen LogP contribution >= 0.6 is 0 Å². The topological polar surface area (TPSA) is 43.4 Å². The molecule has 62 valence electrons. The van der Waals surface area contributed by atoms with E-state index in [9.17, 15) is 9.59 Å². The fraction of sp³-hybridized carbons (Fsp3) is 0.111. The van der Waals surface area contributed by atoms with Gasteiger partial charge in [-0.1, -0.05) is 18.7 Å². The second-order valence-electron chi connectivity index (χ2n) is 2.31. The van der Waals surface area contributed by atoms with E-state index in [4.69, 9.17) is 0 Å². The predicted molar refractivity (Wildman–Crippen MR) is 43.1 cm³/mol. The number of esters is 2. The fourth-order valence-electron chi connectivity index (χ4n) is 0.836. The maximum absolute atomic E-state index is 10.9. The summed E-state index contributed by atoms with van der Waals surface area (Å²) < 4.78 is 4.35. The maximum Gasteiger partial charge on any atom is 0.346 e. The van der Waals surface area contributed by atoms with Crippen molar-refractivity contribution in [2.24, 2.45) is 0 Å². The summed E-state index contributed by atoms with van der Waals surface area (Å²) in [6, 6.07) is 0. The van der Waals surface area contributed by atoms with Gasteiger partial charge in [0.25, 0.3) is 0 Å². The molecule has 0 N–H and O–H groups in total. The Morgan fingerprint density at radius 3 is 2.42 bits per heavy atom. The van der Waals surface area contributed by atoms with E-state index >= 15 is 0 Å². The molecule has 0 unspecified atom stereocenters. The van der Waals surface area contributed by atoms with Crippen molar-refractivity contribution >= 4 is 11.9 Å². The van der Waals surface area contributed by atoms with E-state index in [0.29, 0.717) is 11.1 Å². The van der Waals surface area contributed by atoms with E-state index in [1.807, 2.05) is 0 Å². The third-order valence-electron chi connectivity index (χ3n) is 1.51. The number of cyclic esters (lactones) is 2. The molecule has 12 heavy (non-hydrogen) atoms. The van der Waals surface area contributed by atoms with Crippen LogP contribution in [-0.4, -0.2) is 11.9 Å². The maximum atomic E-state index is 10.9. The minimum Gasteiger partial charge on any atom is -0.386 e. The molecule has 0 bridgehead atoms. The fourth-order valence-corrected chi connectivity index (χ4v) is 0.836. The highest BCUT2D eigenvalue weighted by Crippen LogP contribution is 2.17. The molecule has 1 rings (SSSR count). The lowest BCUT2D eigenvalue weighted by molar-refractivity contribution is -0.150. The average molecular weight is 164 g/mol. The number of ether oxygens (including phenoxy) is 1. The zero-order valence-corrected chi connectivity index (χ0v) is 6.66. The minimum atomic E-state index is -0.587. The predicted octanol–water partition coefficient (Wildman–Crippen LogP) is 1.13. The molecule has 0 saturated heterocycles. The molecule has 1 aliphatic heterocycles. The SMILES string of the molecule is C=C/C=C\C1=C(C)C(=O)OC1=O. The van der Waals surface area contributed by atoms with E-state index in [2.05, 4.69) is 11.3 Å². The highest BCUT2D eigenvalue weighted by atomic mass is 16.6. The summed E-state index contributed by atoms with van der Waals surface area (Å²) in [5.41, 5.74) is 0.651. The van der Waals surface area contributed by atoms with Crippen molar-refractivity contribution in [2.75, 3.05) is 0 Å². The van der Waals surface area contributed by atoms with Crippen LogP contribution in [0, 0.1) is 0 Å². The van der Waals surface area contributed by atoms with Gasteiger partial charge in [0, 0.05) is 5.57 Å². The van der Waals surface area contributed by atoms with Gasteiger partial charge in [-0.2, -0.15) is 0 Å². The smallest absolute Gasteiger partial charge is 0.346 e. The van der Waals surface area contributed by atoms with Gasteiger partial charge in [-0.3, -0.25) is 0 Å². The van der Waals surface area contributed by atoms with E-state index in [0.717, 1.165) is 0 Å². The molecular formula is C9H8O3. The van der Waals surface area contributed by atoms with Crippen LogP contribution in [0.5, 0.6) is 0 Å². The quantitative estimate of drug-likeness (QED) is 0.349. The molecule has 0 atom stereocenters. The summed E-state index contributed by atoms with van der Waals surface area (Å²) in [7, 11) is 0. The van der Waals surface area contributed by atoms with Crippen molar-refractivity contribution in [3.8, 4) is 0 Å². The molecule has 3 heteroatoms. The Balaban J connectivity index is 3.00. The number of hydrogen-bond acceptors (Lipinski definition) is 3. The van der Waals surface area contributed by atoms with E-state index < -0.39 is 11.9 Å². The van der Waals surface area contributed by atoms with Crippen LogP contribution in [0.1, 0.15) is 6.92 Å². The largest absolute Gasteiger partial charge is 0.386 e. The van der Waals surface area contributed by atoms with Gasteiger partial charge in [0.15, 0.2) is 0 Å². The Hall–Kier alpha value is -1.64.